The van der Waals surface area contributed by atoms with Crippen LogP contribution in [-0.2, 0) is 11.2 Å². The number of rotatable bonds is 5. The summed E-state index contributed by atoms with van der Waals surface area (Å²) in [6.07, 6.45) is 0.435. The molecule has 0 aliphatic heterocycles. The molecule has 0 aliphatic carbocycles. The van der Waals surface area contributed by atoms with Gasteiger partial charge in [-0.1, -0.05) is 24.6 Å². The fourth-order valence-corrected chi connectivity index (χ4v) is 2.18. The summed E-state index contributed by atoms with van der Waals surface area (Å²) in [6, 6.07) is 7.02. The molecular formula is C18H20N2O4. The fourth-order valence-electron chi connectivity index (χ4n) is 2.18. The number of esters is 2. The predicted molar refractivity (Wildman–Crippen MR) is 88.2 cm³/mol. The lowest BCUT2D eigenvalue weighted by molar-refractivity contribution is 0.0514. The molecule has 24 heavy (non-hydrogen) atoms. The summed E-state index contributed by atoms with van der Waals surface area (Å²) < 4.78 is 10.4. The second-order valence-electron chi connectivity index (χ2n) is 5.23. The van der Waals surface area contributed by atoms with E-state index in [4.69, 9.17) is 9.47 Å². The van der Waals surface area contributed by atoms with Gasteiger partial charge in [-0.15, -0.1) is 0 Å². The number of nitrogens with zero attached hydrogens (tertiary/aromatic N) is 2. The van der Waals surface area contributed by atoms with Gasteiger partial charge in [-0.05, 0) is 39.3 Å². The molecule has 126 valence electrons. The van der Waals surface area contributed by atoms with Gasteiger partial charge in [0.25, 0.3) is 0 Å². The molecule has 2 rings (SSSR count). The highest BCUT2D eigenvalue weighted by molar-refractivity contribution is 5.92. The SMILES string of the molecule is CCOC(=O)c1nc(C)nc(OC(=O)c2ccc(C)cc2)c1CC. The van der Waals surface area contributed by atoms with Gasteiger partial charge in [0.05, 0.1) is 12.2 Å². The maximum atomic E-state index is 12.3. The van der Waals surface area contributed by atoms with Gasteiger partial charge in [-0.2, -0.15) is 4.98 Å². The lowest BCUT2D eigenvalue weighted by Gasteiger charge is -2.12. The Labute approximate surface area is 140 Å². The maximum Gasteiger partial charge on any atom is 0.357 e. The molecular weight excluding hydrogens is 308 g/mol. The topological polar surface area (TPSA) is 78.4 Å². The molecule has 6 nitrogen and oxygen atoms in total. The Morgan fingerprint density at radius 3 is 2.25 bits per heavy atom. The van der Waals surface area contributed by atoms with E-state index in [1.807, 2.05) is 26.0 Å². The van der Waals surface area contributed by atoms with E-state index in [1.165, 1.54) is 0 Å². The third kappa shape index (κ3) is 3.95. The number of aryl methyl sites for hydroxylation is 2. The zero-order valence-electron chi connectivity index (χ0n) is 14.3. The number of benzene rings is 1. The zero-order chi connectivity index (χ0) is 17.7. The van der Waals surface area contributed by atoms with E-state index < -0.39 is 11.9 Å². The first-order chi connectivity index (χ1) is 11.5. The minimum atomic E-state index is -0.549. The Kier molecular flexibility index (Phi) is 5.63. The fraction of sp³-hybridized carbons (Fsp3) is 0.333. The Balaban J connectivity index is 2.37. The third-order valence-corrected chi connectivity index (χ3v) is 3.38. The highest BCUT2D eigenvalue weighted by atomic mass is 16.5. The van der Waals surface area contributed by atoms with Gasteiger partial charge in [0, 0.05) is 5.56 Å². The first kappa shape index (κ1) is 17.6. The van der Waals surface area contributed by atoms with E-state index in [0.29, 0.717) is 23.4 Å². The molecule has 0 saturated carbocycles. The quantitative estimate of drug-likeness (QED) is 0.785. The van der Waals surface area contributed by atoms with Gasteiger partial charge in [-0.3, -0.25) is 0 Å². The lowest BCUT2D eigenvalue weighted by Crippen LogP contribution is -2.17. The second kappa shape index (κ2) is 7.68. The van der Waals surface area contributed by atoms with E-state index in [9.17, 15) is 9.59 Å². The van der Waals surface area contributed by atoms with E-state index in [2.05, 4.69) is 9.97 Å². The van der Waals surface area contributed by atoms with Crippen LogP contribution >= 0.6 is 0 Å². The van der Waals surface area contributed by atoms with Crippen molar-refractivity contribution in [2.75, 3.05) is 6.61 Å². The summed E-state index contributed by atoms with van der Waals surface area (Å²) in [7, 11) is 0. The minimum absolute atomic E-state index is 0.0960. The van der Waals surface area contributed by atoms with Gasteiger partial charge in [0.2, 0.25) is 5.88 Å². The average molecular weight is 328 g/mol. The van der Waals surface area contributed by atoms with Gasteiger partial charge in [0.15, 0.2) is 5.69 Å². The van der Waals surface area contributed by atoms with Crippen LogP contribution in [0.5, 0.6) is 5.88 Å². The van der Waals surface area contributed by atoms with Crippen molar-refractivity contribution in [3.8, 4) is 5.88 Å². The van der Waals surface area contributed by atoms with E-state index in [0.717, 1.165) is 5.56 Å². The number of ether oxygens (including phenoxy) is 2. The van der Waals surface area contributed by atoms with Crippen molar-refractivity contribution >= 4 is 11.9 Å². The Morgan fingerprint density at radius 2 is 1.67 bits per heavy atom. The van der Waals surface area contributed by atoms with Crippen LogP contribution in [0.4, 0.5) is 0 Å². The summed E-state index contributed by atoms with van der Waals surface area (Å²) >= 11 is 0. The largest absolute Gasteiger partial charge is 0.461 e. The summed E-state index contributed by atoms with van der Waals surface area (Å²) in [4.78, 5) is 32.7. The number of hydrogen-bond donors (Lipinski definition) is 0. The molecule has 1 aromatic carbocycles. The van der Waals surface area contributed by atoms with Crippen molar-refractivity contribution in [3.63, 3.8) is 0 Å². The molecule has 0 N–H and O–H groups in total. The monoisotopic (exact) mass is 328 g/mol. The molecule has 0 spiro atoms. The van der Waals surface area contributed by atoms with Gasteiger partial charge in [0.1, 0.15) is 5.82 Å². The normalized spacial score (nSPS) is 10.3. The van der Waals surface area contributed by atoms with Crippen LogP contribution in [0.2, 0.25) is 0 Å². The van der Waals surface area contributed by atoms with Crippen LogP contribution in [0.3, 0.4) is 0 Å². The molecule has 1 aromatic heterocycles. The molecule has 0 amide bonds. The van der Waals surface area contributed by atoms with Crippen molar-refractivity contribution in [2.24, 2.45) is 0 Å². The van der Waals surface area contributed by atoms with Gasteiger partial charge < -0.3 is 9.47 Å². The highest BCUT2D eigenvalue weighted by Gasteiger charge is 2.22. The van der Waals surface area contributed by atoms with Crippen LogP contribution in [-0.4, -0.2) is 28.5 Å². The van der Waals surface area contributed by atoms with E-state index in [1.54, 1.807) is 26.0 Å². The van der Waals surface area contributed by atoms with Crippen LogP contribution in [0.1, 0.15) is 51.6 Å². The molecule has 0 atom stereocenters. The molecule has 0 radical (unpaired) electrons. The molecule has 0 saturated heterocycles. The first-order valence-corrected chi connectivity index (χ1v) is 7.79. The summed E-state index contributed by atoms with van der Waals surface area (Å²) in [5, 5.41) is 0. The highest BCUT2D eigenvalue weighted by Crippen LogP contribution is 2.22. The average Bonchev–Trinajstić information content (AvgIpc) is 2.55. The summed E-state index contributed by atoms with van der Waals surface area (Å²) in [6.45, 7) is 7.36. The molecule has 2 aromatic rings. The van der Waals surface area contributed by atoms with Crippen molar-refractivity contribution in [2.45, 2.75) is 34.1 Å². The van der Waals surface area contributed by atoms with Gasteiger partial charge >= 0.3 is 11.9 Å². The van der Waals surface area contributed by atoms with Crippen LogP contribution < -0.4 is 4.74 Å². The maximum absolute atomic E-state index is 12.3. The molecule has 0 unspecified atom stereocenters. The number of aromatic nitrogens is 2. The molecule has 0 aliphatic rings. The Hall–Kier alpha value is -2.76. The Bertz CT molecular complexity index is 754. The summed E-state index contributed by atoms with van der Waals surface area (Å²) in [5.74, 6) is -0.648. The zero-order valence-corrected chi connectivity index (χ0v) is 14.3. The van der Waals surface area contributed by atoms with E-state index in [-0.39, 0.29) is 18.2 Å². The lowest BCUT2D eigenvalue weighted by atomic mass is 10.1. The molecule has 1 heterocycles. The van der Waals surface area contributed by atoms with Crippen molar-refractivity contribution < 1.29 is 19.1 Å². The molecule has 6 heteroatoms. The van der Waals surface area contributed by atoms with Crippen molar-refractivity contribution in [1.29, 1.82) is 0 Å². The van der Waals surface area contributed by atoms with Crippen LogP contribution in [0, 0.1) is 13.8 Å². The molecule has 0 fully saturated rings. The van der Waals surface area contributed by atoms with Crippen LogP contribution in [0.25, 0.3) is 0 Å². The smallest absolute Gasteiger partial charge is 0.357 e. The second-order valence-corrected chi connectivity index (χ2v) is 5.23. The number of carbonyl (C=O) groups excluding carboxylic acids is 2. The van der Waals surface area contributed by atoms with Crippen LogP contribution in [0.15, 0.2) is 24.3 Å². The van der Waals surface area contributed by atoms with Crippen molar-refractivity contribution in [3.05, 3.63) is 52.5 Å². The summed E-state index contributed by atoms with van der Waals surface area (Å²) in [5.41, 5.74) is 2.05. The Morgan fingerprint density at radius 1 is 1.00 bits per heavy atom. The van der Waals surface area contributed by atoms with Crippen molar-refractivity contribution in [1.82, 2.24) is 9.97 Å². The first-order valence-electron chi connectivity index (χ1n) is 7.79. The standard InChI is InChI=1S/C18H20N2O4/c1-5-14-15(18(22)23-6-2)19-12(4)20-16(14)24-17(21)13-9-7-11(3)8-10-13/h7-10H,5-6H2,1-4H3. The van der Waals surface area contributed by atoms with Gasteiger partial charge in [-0.25, -0.2) is 14.6 Å². The molecule has 0 bridgehead atoms. The predicted octanol–water partition coefficient (Wildman–Crippen LogP) is 3.05. The van der Waals surface area contributed by atoms with E-state index >= 15 is 0 Å². The number of carbonyl (C=O) groups is 2. The number of hydrogen-bond acceptors (Lipinski definition) is 6. The minimum Gasteiger partial charge on any atom is -0.461 e. The third-order valence-electron chi connectivity index (χ3n) is 3.38.